The summed E-state index contributed by atoms with van der Waals surface area (Å²) in [6.07, 6.45) is 10.5. The van der Waals surface area contributed by atoms with Crippen molar-refractivity contribution in [1.82, 2.24) is 14.5 Å². The number of aromatic nitrogens is 2. The van der Waals surface area contributed by atoms with E-state index in [-0.39, 0.29) is 5.91 Å². The summed E-state index contributed by atoms with van der Waals surface area (Å²) in [6.45, 7) is 0.837. The molecule has 0 spiro atoms. The van der Waals surface area contributed by atoms with Crippen LogP contribution in [0.1, 0.15) is 12.8 Å². The van der Waals surface area contributed by atoms with Crippen molar-refractivity contribution in [2.45, 2.75) is 12.8 Å². The summed E-state index contributed by atoms with van der Waals surface area (Å²) >= 11 is 0. The first-order valence-electron chi connectivity index (χ1n) is 4.31. The predicted molar refractivity (Wildman–Crippen MR) is 48.5 cm³/mol. The molecule has 0 saturated carbocycles. The fourth-order valence-corrected chi connectivity index (χ4v) is 1.34. The van der Waals surface area contributed by atoms with Gasteiger partial charge >= 0.3 is 0 Å². The Balaban J connectivity index is 2.01. The highest BCUT2D eigenvalue weighted by Crippen LogP contribution is 2.09. The number of rotatable bonds is 2. The van der Waals surface area contributed by atoms with Crippen molar-refractivity contribution < 1.29 is 4.79 Å². The molecule has 0 aliphatic carbocycles. The van der Waals surface area contributed by atoms with E-state index < -0.39 is 0 Å². The molecule has 0 radical (unpaired) electrons. The van der Waals surface area contributed by atoms with Gasteiger partial charge in [0.25, 0.3) is 0 Å². The van der Waals surface area contributed by atoms with Crippen LogP contribution in [-0.2, 0) is 4.79 Å². The standard InChI is InChI=1S/C9H11N3O/c13-9-2-1-4-12(9)7-6-11-5-3-10-8-11/h3,5-8H,1-2,4H2. The molecule has 0 bridgehead atoms. The highest BCUT2D eigenvalue weighted by Gasteiger charge is 2.16. The molecule has 0 atom stereocenters. The fraction of sp³-hybridized carbons (Fsp3) is 0.333. The SMILES string of the molecule is O=C1CCCN1C=Cn1ccnc1. The van der Waals surface area contributed by atoms with Crippen LogP contribution in [0.3, 0.4) is 0 Å². The molecule has 1 aromatic rings. The van der Waals surface area contributed by atoms with E-state index in [1.54, 1.807) is 23.6 Å². The Hall–Kier alpha value is -1.58. The first-order valence-corrected chi connectivity index (χ1v) is 4.31. The molecule has 0 unspecified atom stereocenters. The lowest BCUT2D eigenvalue weighted by atomic mass is 10.4. The van der Waals surface area contributed by atoms with Crippen molar-refractivity contribution in [1.29, 1.82) is 0 Å². The van der Waals surface area contributed by atoms with Gasteiger partial charge in [-0.1, -0.05) is 0 Å². The molecule has 68 valence electrons. The third-order valence-corrected chi connectivity index (χ3v) is 2.05. The number of carbonyl (C=O) groups excluding carboxylic acids is 1. The second-order valence-electron chi connectivity index (χ2n) is 3.00. The fourth-order valence-electron chi connectivity index (χ4n) is 1.34. The maximum absolute atomic E-state index is 11.2. The highest BCUT2D eigenvalue weighted by molar-refractivity contribution is 5.79. The van der Waals surface area contributed by atoms with Gasteiger partial charge in [0.15, 0.2) is 0 Å². The number of nitrogens with zero attached hydrogens (tertiary/aromatic N) is 3. The van der Waals surface area contributed by atoms with E-state index in [9.17, 15) is 4.79 Å². The zero-order valence-electron chi connectivity index (χ0n) is 7.26. The van der Waals surface area contributed by atoms with Crippen molar-refractivity contribution in [2.75, 3.05) is 6.54 Å². The molecule has 1 aliphatic heterocycles. The second-order valence-corrected chi connectivity index (χ2v) is 3.00. The molecule has 2 heterocycles. The Morgan fingerprint density at radius 3 is 3.00 bits per heavy atom. The number of amides is 1. The lowest BCUT2D eigenvalue weighted by Gasteiger charge is -2.07. The molecule has 2 rings (SSSR count). The third kappa shape index (κ3) is 1.77. The van der Waals surface area contributed by atoms with Crippen LogP contribution in [0.4, 0.5) is 0 Å². The predicted octanol–water partition coefficient (Wildman–Crippen LogP) is 0.934. The molecule has 1 amide bonds. The topological polar surface area (TPSA) is 38.1 Å². The van der Waals surface area contributed by atoms with Crippen molar-refractivity contribution >= 4 is 12.1 Å². The number of likely N-dealkylation sites (tertiary alicyclic amines) is 1. The highest BCUT2D eigenvalue weighted by atomic mass is 16.2. The van der Waals surface area contributed by atoms with Crippen LogP contribution in [0.2, 0.25) is 0 Å². The van der Waals surface area contributed by atoms with Crippen LogP contribution in [-0.4, -0.2) is 26.9 Å². The van der Waals surface area contributed by atoms with Crippen LogP contribution in [0.15, 0.2) is 24.9 Å². The summed E-state index contributed by atoms with van der Waals surface area (Å²) < 4.78 is 1.81. The lowest BCUT2D eigenvalue weighted by Crippen LogP contribution is -2.17. The molecule has 13 heavy (non-hydrogen) atoms. The van der Waals surface area contributed by atoms with Gasteiger partial charge in [0.2, 0.25) is 5.91 Å². The van der Waals surface area contributed by atoms with Gasteiger partial charge in [0.1, 0.15) is 0 Å². The Morgan fingerprint density at radius 1 is 1.46 bits per heavy atom. The monoisotopic (exact) mass is 177 g/mol. The quantitative estimate of drug-likeness (QED) is 0.674. The average Bonchev–Trinajstić information content (AvgIpc) is 2.72. The lowest BCUT2D eigenvalue weighted by molar-refractivity contribution is -0.125. The summed E-state index contributed by atoms with van der Waals surface area (Å²) in [4.78, 5) is 16.8. The van der Waals surface area contributed by atoms with Crippen LogP contribution < -0.4 is 0 Å². The molecule has 1 saturated heterocycles. The van der Waals surface area contributed by atoms with Gasteiger partial charge in [-0.05, 0) is 6.42 Å². The zero-order valence-corrected chi connectivity index (χ0v) is 7.26. The maximum atomic E-state index is 11.2. The van der Waals surface area contributed by atoms with Crippen LogP contribution in [0.25, 0.3) is 6.20 Å². The summed E-state index contributed by atoms with van der Waals surface area (Å²) in [5.74, 6) is 0.205. The van der Waals surface area contributed by atoms with Gasteiger partial charge in [-0.2, -0.15) is 0 Å². The van der Waals surface area contributed by atoms with Crippen LogP contribution in [0, 0.1) is 0 Å². The molecular formula is C9H11N3O. The average molecular weight is 177 g/mol. The van der Waals surface area contributed by atoms with Crippen molar-refractivity contribution in [3.05, 3.63) is 24.9 Å². The third-order valence-electron chi connectivity index (χ3n) is 2.05. The molecule has 1 fully saturated rings. The number of carbonyl (C=O) groups is 1. The van der Waals surface area contributed by atoms with Crippen molar-refractivity contribution in [3.63, 3.8) is 0 Å². The molecule has 4 heteroatoms. The zero-order chi connectivity index (χ0) is 9.10. The summed E-state index contributed by atoms with van der Waals surface area (Å²) in [6, 6.07) is 0. The van der Waals surface area contributed by atoms with Gasteiger partial charge < -0.3 is 9.47 Å². The van der Waals surface area contributed by atoms with Crippen LogP contribution >= 0.6 is 0 Å². The number of hydrogen-bond acceptors (Lipinski definition) is 2. The Morgan fingerprint density at radius 2 is 2.38 bits per heavy atom. The van der Waals surface area contributed by atoms with Crippen molar-refractivity contribution in [2.24, 2.45) is 0 Å². The first kappa shape index (κ1) is 8.04. The van der Waals surface area contributed by atoms with E-state index in [1.807, 2.05) is 17.0 Å². The molecule has 1 aromatic heterocycles. The largest absolute Gasteiger partial charge is 0.318 e. The van der Waals surface area contributed by atoms with Crippen molar-refractivity contribution in [3.8, 4) is 0 Å². The maximum Gasteiger partial charge on any atom is 0.226 e. The molecule has 0 aromatic carbocycles. The second kappa shape index (κ2) is 3.43. The first-order chi connectivity index (χ1) is 6.36. The van der Waals surface area contributed by atoms with Crippen LogP contribution in [0.5, 0.6) is 0 Å². The van der Waals surface area contributed by atoms with E-state index in [0.29, 0.717) is 6.42 Å². The van der Waals surface area contributed by atoms with Gasteiger partial charge in [-0.15, -0.1) is 0 Å². The van der Waals surface area contributed by atoms with Gasteiger partial charge in [-0.3, -0.25) is 4.79 Å². The summed E-state index contributed by atoms with van der Waals surface area (Å²) in [7, 11) is 0. The summed E-state index contributed by atoms with van der Waals surface area (Å²) in [5.41, 5.74) is 0. The van der Waals surface area contributed by atoms with E-state index in [4.69, 9.17) is 0 Å². The normalized spacial score (nSPS) is 17.5. The molecule has 0 N–H and O–H groups in total. The molecular weight excluding hydrogens is 166 g/mol. The molecule has 4 nitrogen and oxygen atoms in total. The minimum Gasteiger partial charge on any atom is -0.318 e. The Bertz CT molecular complexity index is 316. The van der Waals surface area contributed by atoms with E-state index in [0.717, 1.165) is 13.0 Å². The minimum atomic E-state index is 0.205. The molecule has 1 aliphatic rings. The van der Waals surface area contributed by atoms with Gasteiger partial charge in [0, 0.05) is 37.8 Å². The van der Waals surface area contributed by atoms with Gasteiger partial charge in [-0.25, -0.2) is 4.98 Å². The van der Waals surface area contributed by atoms with E-state index in [1.165, 1.54) is 0 Å². The number of imidazole rings is 1. The number of hydrogen-bond donors (Lipinski definition) is 0. The Labute approximate surface area is 76.5 Å². The van der Waals surface area contributed by atoms with E-state index in [2.05, 4.69) is 4.98 Å². The van der Waals surface area contributed by atoms with E-state index >= 15 is 0 Å². The minimum absolute atomic E-state index is 0.205. The summed E-state index contributed by atoms with van der Waals surface area (Å²) in [5, 5.41) is 0. The smallest absolute Gasteiger partial charge is 0.226 e. The van der Waals surface area contributed by atoms with Gasteiger partial charge in [0.05, 0.1) is 6.33 Å². The Kier molecular flexibility index (Phi) is 2.12.